The Hall–Kier alpha value is -0.180. The van der Waals surface area contributed by atoms with E-state index in [0.29, 0.717) is 26.2 Å². The molecule has 8 heteroatoms. The molecule has 0 atom stereocenters. The van der Waals surface area contributed by atoms with Crippen molar-refractivity contribution in [3.05, 3.63) is 0 Å². The molecule has 0 aromatic carbocycles. The molecule has 0 spiro atoms. The second-order valence-electron chi connectivity index (χ2n) is 4.99. The van der Waals surface area contributed by atoms with Gasteiger partial charge in [0.1, 0.15) is 0 Å². The lowest BCUT2D eigenvalue weighted by atomic mass is 10.4. The Morgan fingerprint density at radius 3 is 1.17 bits per heavy atom. The molecule has 0 amide bonds. The average Bonchev–Trinajstić information content (AvgIpc) is 2.29. The minimum atomic E-state index is -2.81. The van der Waals surface area contributed by atoms with Gasteiger partial charge in [0.05, 0.1) is 23.0 Å². The first kappa shape index (κ1) is 14.2. The normalized spacial score (nSPS) is 29.1. The van der Waals surface area contributed by atoms with Crippen molar-refractivity contribution < 1.29 is 16.8 Å². The molecule has 0 radical (unpaired) electrons. The molecule has 0 unspecified atom stereocenters. The van der Waals surface area contributed by atoms with Gasteiger partial charge in [-0.2, -0.15) is 0 Å². The van der Waals surface area contributed by atoms with Crippen LogP contribution in [-0.2, 0) is 19.7 Å². The van der Waals surface area contributed by atoms with E-state index in [4.69, 9.17) is 0 Å². The highest BCUT2D eigenvalue weighted by atomic mass is 32.2. The van der Waals surface area contributed by atoms with Crippen molar-refractivity contribution in [3.63, 3.8) is 0 Å². The Balaban J connectivity index is 1.70. The third-order valence-electron chi connectivity index (χ3n) is 3.61. The molecule has 0 aliphatic carbocycles. The molecule has 2 rings (SSSR count). The maximum atomic E-state index is 11.3. The molecule has 106 valence electrons. The zero-order chi connectivity index (χ0) is 13.2. The lowest BCUT2D eigenvalue weighted by Crippen LogP contribution is -2.47. The Kier molecular flexibility index (Phi) is 4.30. The van der Waals surface area contributed by atoms with E-state index in [1.165, 1.54) is 0 Å². The van der Waals surface area contributed by atoms with Crippen LogP contribution in [0, 0.1) is 0 Å². The van der Waals surface area contributed by atoms with Gasteiger partial charge in [-0.3, -0.25) is 0 Å². The van der Waals surface area contributed by atoms with E-state index < -0.39 is 19.7 Å². The Bertz CT molecular complexity index is 412. The first-order valence-electron chi connectivity index (χ1n) is 6.22. The van der Waals surface area contributed by atoms with Gasteiger partial charge in [-0.25, -0.2) is 16.8 Å². The number of hydrogen-bond donors (Lipinski definition) is 0. The number of rotatable bonds is 3. The monoisotopic (exact) mass is 296 g/mol. The summed E-state index contributed by atoms with van der Waals surface area (Å²) in [6.45, 7) is 4.08. The summed E-state index contributed by atoms with van der Waals surface area (Å²) < 4.78 is 45.1. The average molecular weight is 296 g/mol. The third kappa shape index (κ3) is 4.18. The molecular formula is C10H20N2O4S2. The van der Waals surface area contributed by atoms with E-state index in [1.807, 2.05) is 0 Å². The van der Waals surface area contributed by atoms with E-state index in [0.717, 1.165) is 13.1 Å². The molecule has 2 saturated heterocycles. The summed E-state index contributed by atoms with van der Waals surface area (Å²) in [5.41, 5.74) is 0. The van der Waals surface area contributed by atoms with Crippen molar-refractivity contribution in [1.29, 1.82) is 0 Å². The Morgan fingerprint density at radius 2 is 0.889 bits per heavy atom. The van der Waals surface area contributed by atoms with E-state index >= 15 is 0 Å². The van der Waals surface area contributed by atoms with E-state index in [1.54, 1.807) is 0 Å². The molecule has 2 fully saturated rings. The van der Waals surface area contributed by atoms with E-state index in [2.05, 4.69) is 9.80 Å². The van der Waals surface area contributed by atoms with Crippen molar-refractivity contribution in [2.75, 3.05) is 62.3 Å². The zero-order valence-corrected chi connectivity index (χ0v) is 12.0. The van der Waals surface area contributed by atoms with Gasteiger partial charge in [-0.05, 0) is 0 Å². The molecule has 6 nitrogen and oxygen atoms in total. The molecule has 18 heavy (non-hydrogen) atoms. The van der Waals surface area contributed by atoms with Crippen LogP contribution in [0.1, 0.15) is 0 Å². The molecular weight excluding hydrogens is 276 g/mol. The highest BCUT2D eigenvalue weighted by Gasteiger charge is 2.24. The Morgan fingerprint density at radius 1 is 0.611 bits per heavy atom. The molecule has 0 saturated carbocycles. The van der Waals surface area contributed by atoms with Crippen LogP contribution in [0.5, 0.6) is 0 Å². The van der Waals surface area contributed by atoms with E-state index in [-0.39, 0.29) is 23.0 Å². The summed E-state index contributed by atoms with van der Waals surface area (Å²) in [6.07, 6.45) is 0. The summed E-state index contributed by atoms with van der Waals surface area (Å²) >= 11 is 0. The van der Waals surface area contributed by atoms with Crippen molar-refractivity contribution >= 4 is 19.7 Å². The fourth-order valence-corrected chi connectivity index (χ4v) is 4.78. The van der Waals surface area contributed by atoms with Crippen LogP contribution in [-0.4, -0.2) is 88.9 Å². The minimum absolute atomic E-state index is 0.251. The lowest BCUT2D eigenvalue weighted by molar-refractivity contribution is 0.221. The first-order chi connectivity index (χ1) is 8.36. The largest absolute Gasteiger partial charge is 0.300 e. The van der Waals surface area contributed by atoms with Gasteiger partial charge in [-0.1, -0.05) is 0 Å². The molecule has 0 aromatic rings. The number of nitrogens with zero attached hydrogens (tertiary/aromatic N) is 2. The molecule has 2 aliphatic rings. The second-order valence-corrected chi connectivity index (χ2v) is 9.59. The summed E-state index contributed by atoms with van der Waals surface area (Å²) in [5.74, 6) is 1.01. The summed E-state index contributed by atoms with van der Waals surface area (Å²) in [5, 5.41) is 0. The fourth-order valence-electron chi connectivity index (χ4n) is 2.23. The maximum Gasteiger partial charge on any atom is 0.152 e. The van der Waals surface area contributed by atoms with Crippen molar-refractivity contribution in [3.8, 4) is 0 Å². The van der Waals surface area contributed by atoms with Crippen molar-refractivity contribution in [2.45, 2.75) is 0 Å². The van der Waals surface area contributed by atoms with Crippen LogP contribution in [0.15, 0.2) is 0 Å². The molecule has 0 aromatic heterocycles. The van der Waals surface area contributed by atoms with Gasteiger partial charge in [-0.15, -0.1) is 0 Å². The first-order valence-corrected chi connectivity index (χ1v) is 9.86. The van der Waals surface area contributed by atoms with Crippen LogP contribution >= 0.6 is 0 Å². The smallest absolute Gasteiger partial charge is 0.152 e. The van der Waals surface area contributed by atoms with Crippen LogP contribution in [0.2, 0.25) is 0 Å². The van der Waals surface area contributed by atoms with Crippen molar-refractivity contribution in [2.24, 2.45) is 0 Å². The molecule has 0 N–H and O–H groups in total. The van der Waals surface area contributed by atoms with Gasteiger partial charge in [0, 0.05) is 39.3 Å². The van der Waals surface area contributed by atoms with Gasteiger partial charge >= 0.3 is 0 Å². The third-order valence-corrected chi connectivity index (χ3v) is 6.82. The second kappa shape index (κ2) is 5.44. The molecule has 2 heterocycles. The standard InChI is InChI=1S/C10H20N2O4S2/c13-17(14)7-3-11(4-8-17)1-2-12-5-9-18(15,16)10-6-12/h1-10H2. The SMILES string of the molecule is O=S1(=O)CCN(CCN2CCS(=O)(=O)CC2)CC1. The highest BCUT2D eigenvalue weighted by Crippen LogP contribution is 2.06. The quantitative estimate of drug-likeness (QED) is 0.627. The van der Waals surface area contributed by atoms with Gasteiger partial charge < -0.3 is 9.80 Å². The predicted molar refractivity (Wildman–Crippen MR) is 70.2 cm³/mol. The van der Waals surface area contributed by atoms with Crippen molar-refractivity contribution in [1.82, 2.24) is 9.80 Å². The molecule has 0 bridgehead atoms. The topological polar surface area (TPSA) is 74.8 Å². The highest BCUT2D eigenvalue weighted by molar-refractivity contribution is 7.91. The summed E-state index contributed by atoms with van der Waals surface area (Å²) in [6, 6.07) is 0. The fraction of sp³-hybridized carbons (Fsp3) is 1.00. The summed E-state index contributed by atoms with van der Waals surface area (Å²) in [7, 11) is -5.62. The lowest BCUT2D eigenvalue weighted by Gasteiger charge is -2.31. The predicted octanol–water partition coefficient (Wildman–Crippen LogP) is -1.55. The van der Waals surface area contributed by atoms with Crippen LogP contribution in [0.3, 0.4) is 0 Å². The Labute approximate surface area is 109 Å². The van der Waals surface area contributed by atoms with Crippen LogP contribution < -0.4 is 0 Å². The van der Waals surface area contributed by atoms with Crippen LogP contribution in [0.4, 0.5) is 0 Å². The van der Waals surface area contributed by atoms with E-state index in [9.17, 15) is 16.8 Å². The minimum Gasteiger partial charge on any atom is -0.300 e. The van der Waals surface area contributed by atoms with Gasteiger partial charge in [0.25, 0.3) is 0 Å². The maximum absolute atomic E-state index is 11.3. The zero-order valence-electron chi connectivity index (χ0n) is 10.4. The number of sulfone groups is 2. The number of hydrogen-bond acceptors (Lipinski definition) is 6. The van der Waals surface area contributed by atoms with Gasteiger partial charge in [0.15, 0.2) is 19.7 Å². The molecule has 2 aliphatic heterocycles. The van der Waals surface area contributed by atoms with Crippen LogP contribution in [0.25, 0.3) is 0 Å². The van der Waals surface area contributed by atoms with Gasteiger partial charge in [0.2, 0.25) is 0 Å². The summed E-state index contributed by atoms with van der Waals surface area (Å²) in [4.78, 5) is 4.29.